The number of hydrogen-bond donors (Lipinski definition) is 3. The van der Waals surface area contributed by atoms with Crippen LogP contribution in [0.15, 0.2) is 6.07 Å². The van der Waals surface area contributed by atoms with E-state index in [4.69, 9.17) is 15.3 Å². The van der Waals surface area contributed by atoms with Gasteiger partial charge in [0.05, 0.1) is 31.3 Å². The van der Waals surface area contributed by atoms with Crippen LogP contribution in [-0.2, 0) is 15.9 Å². The number of rotatable bonds is 5. The summed E-state index contributed by atoms with van der Waals surface area (Å²) in [5.74, 6) is 6.63. The number of fused-ring (bicyclic) bond motifs is 1. The summed E-state index contributed by atoms with van der Waals surface area (Å²) in [6.07, 6.45) is 1.02. The third kappa shape index (κ3) is 3.24. The molecule has 1 atom stereocenters. The zero-order valence-corrected chi connectivity index (χ0v) is 12.7. The van der Waals surface area contributed by atoms with Crippen LogP contribution in [0.2, 0.25) is 0 Å². The van der Waals surface area contributed by atoms with Gasteiger partial charge in [0.1, 0.15) is 10.6 Å². The monoisotopic (exact) mass is 309 g/mol. The first kappa shape index (κ1) is 14.5. The molecule has 3 rings (SSSR count). The molecule has 1 saturated heterocycles. The van der Waals surface area contributed by atoms with Crippen LogP contribution in [0.3, 0.4) is 0 Å². The molecule has 0 amide bonds. The molecule has 1 aliphatic rings. The summed E-state index contributed by atoms with van der Waals surface area (Å²) in [5.41, 5.74) is 2.51. The molecule has 0 spiro atoms. The standard InChI is InChI=1S/C13H19N5O2S/c1-2-9-5-10-11(15-6-8-7-19-3-4-20-8)16-13(18-14)17-12(10)21-9/h5,8H,2-4,6-7,14H2,1H3,(H2,15,16,17,18). The number of thiophene rings is 1. The van der Waals surface area contributed by atoms with Crippen LogP contribution in [0.25, 0.3) is 10.2 Å². The number of aryl methyl sites for hydroxylation is 1. The molecule has 0 saturated carbocycles. The summed E-state index contributed by atoms with van der Waals surface area (Å²) in [6, 6.07) is 2.13. The molecule has 114 valence electrons. The fourth-order valence-electron chi connectivity index (χ4n) is 2.21. The van der Waals surface area contributed by atoms with Crippen LogP contribution < -0.4 is 16.6 Å². The second-order valence-corrected chi connectivity index (χ2v) is 5.89. The van der Waals surface area contributed by atoms with Gasteiger partial charge in [-0.3, -0.25) is 5.43 Å². The van der Waals surface area contributed by atoms with Crippen molar-refractivity contribution in [1.82, 2.24) is 9.97 Å². The van der Waals surface area contributed by atoms with E-state index < -0.39 is 0 Å². The molecule has 0 aliphatic carbocycles. The summed E-state index contributed by atoms with van der Waals surface area (Å²) in [6.45, 7) is 4.68. The van der Waals surface area contributed by atoms with E-state index in [1.54, 1.807) is 11.3 Å². The lowest BCUT2D eigenvalue weighted by atomic mass is 10.3. The number of ether oxygens (including phenoxy) is 2. The van der Waals surface area contributed by atoms with Crippen molar-refractivity contribution >= 4 is 33.3 Å². The number of nitrogens with one attached hydrogen (secondary N) is 2. The Labute approximate surface area is 126 Å². The van der Waals surface area contributed by atoms with E-state index in [1.807, 2.05) is 0 Å². The van der Waals surface area contributed by atoms with Crippen LogP contribution >= 0.6 is 11.3 Å². The van der Waals surface area contributed by atoms with Crippen molar-refractivity contribution < 1.29 is 9.47 Å². The molecule has 0 bridgehead atoms. The van der Waals surface area contributed by atoms with Crippen LogP contribution in [-0.4, -0.2) is 42.4 Å². The average molecular weight is 309 g/mol. The molecule has 0 radical (unpaired) electrons. The van der Waals surface area contributed by atoms with Gasteiger partial charge in [-0.25, -0.2) is 10.8 Å². The maximum Gasteiger partial charge on any atom is 0.240 e. The van der Waals surface area contributed by atoms with E-state index in [9.17, 15) is 0 Å². The Bertz CT molecular complexity index is 612. The molecule has 2 aromatic rings. The van der Waals surface area contributed by atoms with E-state index in [1.165, 1.54) is 4.88 Å². The minimum atomic E-state index is 0.0438. The van der Waals surface area contributed by atoms with Crippen molar-refractivity contribution in [2.24, 2.45) is 5.84 Å². The van der Waals surface area contributed by atoms with Gasteiger partial charge in [0.2, 0.25) is 5.95 Å². The van der Waals surface area contributed by atoms with Crippen LogP contribution in [0.4, 0.5) is 11.8 Å². The fourth-order valence-corrected chi connectivity index (χ4v) is 3.18. The summed E-state index contributed by atoms with van der Waals surface area (Å²) in [5, 5.41) is 4.35. The summed E-state index contributed by atoms with van der Waals surface area (Å²) >= 11 is 1.66. The largest absolute Gasteiger partial charge is 0.376 e. The molecule has 3 heterocycles. The maximum atomic E-state index is 5.63. The van der Waals surface area contributed by atoms with Gasteiger partial charge in [0.15, 0.2) is 0 Å². The number of nitrogen functional groups attached to an aromatic ring is 1. The highest BCUT2D eigenvalue weighted by molar-refractivity contribution is 7.18. The normalized spacial score (nSPS) is 18.9. The van der Waals surface area contributed by atoms with Crippen molar-refractivity contribution in [2.75, 3.05) is 37.1 Å². The molecule has 8 heteroatoms. The first-order chi connectivity index (χ1) is 10.3. The Kier molecular flexibility index (Phi) is 4.49. The smallest absolute Gasteiger partial charge is 0.240 e. The fraction of sp³-hybridized carbons (Fsp3) is 0.538. The topological polar surface area (TPSA) is 94.3 Å². The molecule has 4 N–H and O–H groups in total. The summed E-state index contributed by atoms with van der Waals surface area (Å²) in [4.78, 5) is 11.0. The molecule has 2 aromatic heterocycles. The van der Waals surface area contributed by atoms with Crippen LogP contribution in [0.1, 0.15) is 11.8 Å². The molecule has 1 aliphatic heterocycles. The van der Waals surface area contributed by atoms with Gasteiger partial charge < -0.3 is 14.8 Å². The van der Waals surface area contributed by atoms with Gasteiger partial charge in [-0.2, -0.15) is 4.98 Å². The third-order valence-electron chi connectivity index (χ3n) is 3.30. The predicted molar refractivity (Wildman–Crippen MR) is 83.7 cm³/mol. The van der Waals surface area contributed by atoms with Crippen molar-refractivity contribution in [3.8, 4) is 0 Å². The number of nitrogens with two attached hydrogens (primary N) is 1. The highest BCUT2D eigenvalue weighted by atomic mass is 32.1. The molecule has 1 unspecified atom stereocenters. The average Bonchev–Trinajstić information content (AvgIpc) is 2.96. The van der Waals surface area contributed by atoms with Gasteiger partial charge in [0.25, 0.3) is 0 Å². The highest BCUT2D eigenvalue weighted by Crippen LogP contribution is 2.30. The first-order valence-corrected chi connectivity index (χ1v) is 7.82. The van der Waals surface area contributed by atoms with E-state index in [-0.39, 0.29) is 6.10 Å². The quantitative estimate of drug-likeness (QED) is 0.567. The van der Waals surface area contributed by atoms with Crippen molar-refractivity contribution in [2.45, 2.75) is 19.4 Å². The molecule has 7 nitrogen and oxygen atoms in total. The SMILES string of the molecule is CCc1cc2c(NCC3COCCO3)nc(NN)nc2s1. The molecular formula is C13H19N5O2S. The lowest BCUT2D eigenvalue weighted by molar-refractivity contribution is -0.0819. The molecular weight excluding hydrogens is 290 g/mol. The Hall–Kier alpha value is -1.48. The number of nitrogens with zero attached hydrogens (tertiary/aromatic N) is 2. The zero-order chi connectivity index (χ0) is 14.7. The summed E-state index contributed by atoms with van der Waals surface area (Å²) in [7, 11) is 0. The number of hydrogen-bond acceptors (Lipinski definition) is 8. The van der Waals surface area contributed by atoms with Crippen LogP contribution in [0.5, 0.6) is 0 Å². The van der Waals surface area contributed by atoms with E-state index in [0.29, 0.717) is 32.3 Å². The van der Waals surface area contributed by atoms with Gasteiger partial charge >= 0.3 is 0 Å². The summed E-state index contributed by atoms with van der Waals surface area (Å²) < 4.78 is 11.0. The zero-order valence-electron chi connectivity index (χ0n) is 11.9. The highest BCUT2D eigenvalue weighted by Gasteiger charge is 2.16. The number of anilines is 2. The van der Waals surface area contributed by atoms with Crippen molar-refractivity contribution in [3.05, 3.63) is 10.9 Å². The lowest BCUT2D eigenvalue weighted by Crippen LogP contribution is -2.34. The Morgan fingerprint density at radius 2 is 2.33 bits per heavy atom. The van der Waals surface area contributed by atoms with Crippen molar-refractivity contribution in [3.63, 3.8) is 0 Å². The third-order valence-corrected chi connectivity index (χ3v) is 4.48. The van der Waals surface area contributed by atoms with Gasteiger partial charge in [-0.05, 0) is 12.5 Å². The Morgan fingerprint density at radius 3 is 3.05 bits per heavy atom. The first-order valence-electron chi connectivity index (χ1n) is 7.00. The predicted octanol–water partition coefficient (Wildman–Crippen LogP) is 1.37. The number of hydrazine groups is 1. The van der Waals surface area contributed by atoms with Gasteiger partial charge in [0, 0.05) is 11.4 Å². The van der Waals surface area contributed by atoms with Gasteiger partial charge in [-0.1, -0.05) is 6.92 Å². The second-order valence-electron chi connectivity index (χ2n) is 4.77. The van der Waals surface area contributed by atoms with E-state index in [0.717, 1.165) is 22.5 Å². The Morgan fingerprint density at radius 1 is 1.43 bits per heavy atom. The van der Waals surface area contributed by atoms with Crippen LogP contribution in [0, 0.1) is 0 Å². The minimum absolute atomic E-state index is 0.0438. The van der Waals surface area contributed by atoms with E-state index in [2.05, 4.69) is 33.7 Å². The molecule has 0 aromatic carbocycles. The Balaban J connectivity index is 1.82. The minimum Gasteiger partial charge on any atom is -0.376 e. The van der Waals surface area contributed by atoms with Crippen molar-refractivity contribution in [1.29, 1.82) is 0 Å². The van der Waals surface area contributed by atoms with E-state index >= 15 is 0 Å². The number of aromatic nitrogens is 2. The lowest BCUT2D eigenvalue weighted by Gasteiger charge is -2.23. The van der Waals surface area contributed by atoms with Gasteiger partial charge in [-0.15, -0.1) is 11.3 Å². The maximum absolute atomic E-state index is 5.63. The molecule has 21 heavy (non-hydrogen) atoms. The molecule has 1 fully saturated rings. The second kappa shape index (κ2) is 6.52.